The normalized spacial score (nSPS) is 18.3. The SMILES string of the molecule is CSC[C@H](C(=O)N[C@H]1CCc2nc(C)cn2C1)c1ccccc1. The van der Waals surface area contributed by atoms with E-state index >= 15 is 0 Å². The van der Waals surface area contributed by atoms with Crippen LogP contribution in [0.3, 0.4) is 0 Å². The van der Waals surface area contributed by atoms with Crippen molar-refractivity contribution in [1.82, 2.24) is 14.9 Å². The lowest BCUT2D eigenvalue weighted by Crippen LogP contribution is -2.43. The fourth-order valence-electron chi connectivity index (χ4n) is 3.18. The van der Waals surface area contributed by atoms with Crippen LogP contribution in [0.2, 0.25) is 0 Å². The number of aryl methyl sites for hydroxylation is 2. The Balaban J connectivity index is 1.68. The van der Waals surface area contributed by atoms with Crippen LogP contribution in [0.5, 0.6) is 0 Å². The van der Waals surface area contributed by atoms with Crippen molar-refractivity contribution in [3.63, 3.8) is 0 Å². The van der Waals surface area contributed by atoms with E-state index in [9.17, 15) is 4.79 Å². The van der Waals surface area contributed by atoms with E-state index in [1.165, 1.54) is 0 Å². The van der Waals surface area contributed by atoms with Crippen LogP contribution in [0.4, 0.5) is 0 Å². The molecule has 1 amide bonds. The zero-order chi connectivity index (χ0) is 16.2. The molecule has 1 aromatic heterocycles. The molecule has 3 rings (SSSR count). The van der Waals surface area contributed by atoms with Gasteiger partial charge in [-0.1, -0.05) is 30.3 Å². The van der Waals surface area contributed by atoms with Crippen molar-refractivity contribution >= 4 is 17.7 Å². The van der Waals surface area contributed by atoms with E-state index in [1.54, 1.807) is 11.8 Å². The lowest BCUT2D eigenvalue weighted by atomic mass is 9.99. The van der Waals surface area contributed by atoms with Gasteiger partial charge in [-0.3, -0.25) is 4.79 Å². The summed E-state index contributed by atoms with van der Waals surface area (Å²) in [6, 6.07) is 10.3. The van der Waals surface area contributed by atoms with E-state index in [1.807, 2.05) is 43.5 Å². The highest BCUT2D eigenvalue weighted by molar-refractivity contribution is 7.98. The second-order valence-electron chi connectivity index (χ2n) is 6.11. The average molecular weight is 329 g/mol. The van der Waals surface area contributed by atoms with Gasteiger partial charge in [0, 0.05) is 31.0 Å². The van der Waals surface area contributed by atoms with Crippen molar-refractivity contribution in [2.75, 3.05) is 12.0 Å². The molecule has 0 bridgehead atoms. The monoisotopic (exact) mass is 329 g/mol. The van der Waals surface area contributed by atoms with Crippen molar-refractivity contribution in [2.45, 2.75) is 38.3 Å². The molecule has 0 unspecified atom stereocenters. The van der Waals surface area contributed by atoms with Crippen LogP contribution in [-0.4, -0.2) is 33.5 Å². The van der Waals surface area contributed by atoms with E-state index in [4.69, 9.17) is 0 Å². The molecule has 0 aliphatic carbocycles. The van der Waals surface area contributed by atoms with E-state index in [-0.39, 0.29) is 17.9 Å². The van der Waals surface area contributed by atoms with Crippen molar-refractivity contribution < 1.29 is 4.79 Å². The first kappa shape index (κ1) is 16.1. The molecular formula is C18H23N3OS. The van der Waals surface area contributed by atoms with Gasteiger partial charge in [0.2, 0.25) is 5.91 Å². The first-order valence-electron chi connectivity index (χ1n) is 8.04. The Morgan fingerprint density at radius 3 is 2.96 bits per heavy atom. The molecule has 1 aromatic carbocycles. The predicted octanol–water partition coefficient (Wildman–Crippen LogP) is 2.77. The lowest BCUT2D eigenvalue weighted by Gasteiger charge is -2.27. The Bertz CT molecular complexity index is 668. The highest BCUT2D eigenvalue weighted by Crippen LogP contribution is 2.21. The van der Waals surface area contributed by atoms with Gasteiger partial charge in [0.15, 0.2) is 0 Å². The molecule has 1 aliphatic rings. The average Bonchev–Trinajstić information content (AvgIpc) is 2.92. The quantitative estimate of drug-likeness (QED) is 0.917. The minimum Gasteiger partial charge on any atom is -0.351 e. The number of nitrogens with one attached hydrogen (secondary N) is 1. The van der Waals surface area contributed by atoms with Crippen LogP contribution < -0.4 is 5.32 Å². The predicted molar refractivity (Wildman–Crippen MR) is 94.8 cm³/mol. The van der Waals surface area contributed by atoms with Crippen LogP contribution in [0.15, 0.2) is 36.5 Å². The molecule has 1 N–H and O–H groups in total. The highest BCUT2D eigenvalue weighted by Gasteiger charge is 2.25. The summed E-state index contributed by atoms with van der Waals surface area (Å²) >= 11 is 1.71. The first-order chi connectivity index (χ1) is 11.2. The second kappa shape index (κ2) is 7.21. The molecule has 4 nitrogen and oxygen atoms in total. The smallest absolute Gasteiger partial charge is 0.228 e. The number of hydrogen-bond acceptors (Lipinski definition) is 3. The molecule has 2 heterocycles. The van der Waals surface area contributed by atoms with Gasteiger partial charge >= 0.3 is 0 Å². The third-order valence-corrected chi connectivity index (χ3v) is 4.98. The van der Waals surface area contributed by atoms with E-state index < -0.39 is 0 Å². The number of carbonyl (C=O) groups is 1. The maximum absolute atomic E-state index is 12.8. The Labute approximate surface area is 141 Å². The van der Waals surface area contributed by atoms with Crippen LogP contribution >= 0.6 is 11.8 Å². The molecule has 2 atom stereocenters. The second-order valence-corrected chi connectivity index (χ2v) is 7.02. The van der Waals surface area contributed by atoms with Gasteiger partial charge in [-0.25, -0.2) is 4.98 Å². The molecule has 0 fully saturated rings. The number of nitrogens with zero attached hydrogens (tertiary/aromatic N) is 2. The van der Waals surface area contributed by atoms with E-state index in [0.717, 1.165) is 42.2 Å². The molecular weight excluding hydrogens is 306 g/mol. The number of benzene rings is 1. The third kappa shape index (κ3) is 3.78. The Kier molecular flexibility index (Phi) is 5.06. The largest absolute Gasteiger partial charge is 0.351 e. The van der Waals surface area contributed by atoms with Crippen molar-refractivity contribution in [3.8, 4) is 0 Å². The minimum absolute atomic E-state index is 0.0860. The topological polar surface area (TPSA) is 46.9 Å². The standard InChI is InChI=1S/C18H23N3OS/c1-13-10-21-11-15(8-9-17(21)19-13)20-18(22)16(12-23-2)14-6-4-3-5-7-14/h3-7,10,15-16H,8-9,11-12H2,1-2H3,(H,20,22)/t15-,16-/m0/s1. The maximum Gasteiger partial charge on any atom is 0.228 e. The van der Waals surface area contributed by atoms with Gasteiger partial charge in [-0.15, -0.1) is 0 Å². The summed E-state index contributed by atoms with van der Waals surface area (Å²) in [6.45, 7) is 2.84. The summed E-state index contributed by atoms with van der Waals surface area (Å²) in [7, 11) is 0. The van der Waals surface area contributed by atoms with Gasteiger partial charge in [0.25, 0.3) is 0 Å². The molecule has 122 valence electrons. The number of imidazole rings is 1. The molecule has 5 heteroatoms. The Morgan fingerprint density at radius 1 is 1.43 bits per heavy atom. The Morgan fingerprint density at radius 2 is 2.22 bits per heavy atom. The molecule has 0 spiro atoms. The fourth-order valence-corrected chi connectivity index (χ4v) is 3.86. The summed E-state index contributed by atoms with van der Waals surface area (Å²) in [5, 5.41) is 3.25. The number of carbonyl (C=O) groups excluding carboxylic acids is 1. The van der Waals surface area contributed by atoms with Gasteiger partial charge in [0.1, 0.15) is 5.82 Å². The van der Waals surface area contributed by atoms with Crippen LogP contribution in [-0.2, 0) is 17.8 Å². The molecule has 0 saturated carbocycles. The Hall–Kier alpha value is -1.75. The number of amides is 1. The highest BCUT2D eigenvalue weighted by atomic mass is 32.2. The zero-order valence-electron chi connectivity index (χ0n) is 13.7. The summed E-state index contributed by atoms with van der Waals surface area (Å²) in [6.07, 6.45) is 6.01. The number of hydrogen-bond donors (Lipinski definition) is 1. The summed E-state index contributed by atoms with van der Waals surface area (Å²) in [5.74, 6) is 1.99. The lowest BCUT2D eigenvalue weighted by molar-refractivity contribution is -0.123. The molecule has 23 heavy (non-hydrogen) atoms. The van der Waals surface area contributed by atoms with Crippen LogP contribution in [0, 0.1) is 6.92 Å². The maximum atomic E-state index is 12.8. The minimum atomic E-state index is -0.0860. The number of fused-ring (bicyclic) bond motifs is 1. The molecule has 1 aliphatic heterocycles. The van der Waals surface area contributed by atoms with Crippen molar-refractivity contribution in [1.29, 1.82) is 0 Å². The summed E-state index contributed by atoms with van der Waals surface area (Å²) in [4.78, 5) is 17.3. The van der Waals surface area contributed by atoms with E-state index in [0.29, 0.717) is 0 Å². The van der Waals surface area contributed by atoms with Gasteiger partial charge in [-0.2, -0.15) is 11.8 Å². The fraction of sp³-hybridized carbons (Fsp3) is 0.444. The molecule has 0 radical (unpaired) electrons. The summed E-state index contributed by atoms with van der Waals surface area (Å²) < 4.78 is 2.18. The van der Waals surface area contributed by atoms with Crippen molar-refractivity contribution in [3.05, 3.63) is 53.6 Å². The number of rotatable bonds is 5. The summed E-state index contributed by atoms with van der Waals surface area (Å²) in [5.41, 5.74) is 2.14. The van der Waals surface area contributed by atoms with Crippen molar-refractivity contribution in [2.24, 2.45) is 0 Å². The van der Waals surface area contributed by atoms with E-state index in [2.05, 4.69) is 21.1 Å². The van der Waals surface area contributed by atoms with Gasteiger partial charge in [0.05, 0.1) is 11.6 Å². The third-order valence-electron chi connectivity index (χ3n) is 4.31. The van der Waals surface area contributed by atoms with Gasteiger partial charge in [-0.05, 0) is 25.2 Å². The van der Waals surface area contributed by atoms with Crippen LogP contribution in [0.1, 0.15) is 29.4 Å². The van der Waals surface area contributed by atoms with Crippen LogP contribution in [0.25, 0.3) is 0 Å². The zero-order valence-corrected chi connectivity index (χ0v) is 14.5. The molecule has 2 aromatic rings. The number of thioether (sulfide) groups is 1. The number of aromatic nitrogens is 2. The molecule has 0 saturated heterocycles. The van der Waals surface area contributed by atoms with Gasteiger partial charge < -0.3 is 9.88 Å². The first-order valence-corrected chi connectivity index (χ1v) is 9.43.